The van der Waals surface area contributed by atoms with E-state index in [1.807, 2.05) is 0 Å². The highest BCUT2D eigenvalue weighted by Crippen LogP contribution is 2.41. The Labute approximate surface area is 217 Å². The summed E-state index contributed by atoms with van der Waals surface area (Å²) in [6.07, 6.45) is -5.77. The average molecular weight is 557 g/mol. The van der Waals surface area contributed by atoms with Crippen molar-refractivity contribution in [1.82, 2.24) is 0 Å². The third-order valence-corrected chi connectivity index (χ3v) is 8.01. The van der Waals surface area contributed by atoms with E-state index in [-0.39, 0.29) is 47.2 Å². The Morgan fingerprint density at radius 2 is 1.84 bits per heavy atom. The molecule has 2 heterocycles. The predicted octanol–water partition coefficient (Wildman–Crippen LogP) is 4.84. The summed E-state index contributed by atoms with van der Waals surface area (Å²) in [7, 11) is -4.14. The van der Waals surface area contributed by atoms with Gasteiger partial charge in [0.05, 0.1) is 23.7 Å². The van der Waals surface area contributed by atoms with E-state index in [9.17, 15) is 31.2 Å². The SMILES string of the molecule is CC(=O)CCC1CN(S(=O)(=O)c2ccc3c(c2)CCO3)c2cc(NC(=O)OC(C)(C)C(F)(F)F)ccc2O1. The van der Waals surface area contributed by atoms with Crippen LogP contribution in [-0.4, -0.2) is 51.3 Å². The highest BCUT2D eigenvalue weighted by Gasteiger charge is 2.51. The van der Waals surface area contributed by atoms with Crippen LogP contribution in [0.5, 0.6) is 11.5 Å². The number of nitrogens with zero attached hydrogens (tertiary/aromatic N) is 1. The molecule has 1 atom stereocenters. The van der Waals surface area contributed by atoms with Crippen molar-refractivity contribution in [1.29, 1.82) is 0 Å². The van der Waals surface area contributed by atoms with Gasteiger partial charge >= 0.3 is 12.3 Å². The van der Waals surface area contributed by atoms with Crippen molar-refractivity contribution < 1.29 is 45.4 Å². The summed E-state index contributed by atoms with van der Waals surface area (Å²) in [6.45, 7) is 3.18. The number of ether oxygens (including phenoxy) is 3. The van der Waals surface area contributed by atoms with E-state index in [1.54, 1.807) is 6.07 Å². The van der Waals surface area contributed by atoms with Crippen molar-refractivity contribution >= 4 is 33.3 Å². The van der Waals surface area contributed by atoms with Crippen LogP contribution in [0.2, 0.25) is 0 Å². The van der Waals surface area contributed by atoms with Crippen molar-refractivity contribution in [2.45, 2.75) is 62.8 Å². The number of benzene rings is 2. The first-order valence-electron chi connectivity index (χ1n) is 11.8. The van der Waals surface area contributed by atoms with Crippen LogP contribution in [-0.2, 0) is 26.0 Å². The second-order valence-electron chi connectivity index (χ2n) is 9.59. The Kier molecular flexibility index (Phi) is 7.26. The molecule has 0 fully saturated rings. The van der Waals surface area contributed by atoms with E-state index in [4.69, 9.17) is 9.47 Å². The van der Waals surface area contributed by atoms with Gasteiger partial charge in [-0.05, 0) is 69.2 Å². The van der Waals surface area contributed by atoms with E-state index in [2.05, 4.69) is 10.1 Å². The van der Waals surface area contributed by atoms with Crippen molar-refractivity contribution in [2.24, 2.45) is 0 Å². The molecule has 0 spiro atoms. The lowest BCUT2D eigenvalue weighted by molar-refractivity contribution is -0.242. The Bertz CT molecular complexity index is 1360. The van der Waals surface area contributed by atoms with Gasteiger partial charge in [0, 0.05) is 18.5 Å². The molecule has 4 rings (SSSR count). The summed E-state index contributed by atoms with van der Waals surface area (Å²) in [6, 6.07) is 8.59. The number of amides is 1. The molecular weight excluding hydrogens is 529 g/mol. The van der Waals surface area contributed by atoms with Crippen molar-refractivity contribution in [3.05, 3.63) is 42.0 Å². The lowest BCUT2D eigenvalue weighted by Crippen LogP contribution is -2.44. The standard InChI is InChI=1S/C25H27F3N2O7S/c1-15(31)4-6-18-14-30(38(33,34)19-7-9-21-16(12-19)10-11-35-21)20-13-17(5-8-22(20)36-18)29-23(32)37-24(2,3)25(26,27)28/h5,7-9,12-13,18H,4,6,10-11,14H2,1-3H3,(H,29,32). The van der Waals surface area contributed by atoms with Crippen LogP contribution in [0.15, 0.2) is 41.3 Å². The van der Waals surface area contributed by atoms with Gasteiger partial charge < -0.3 is 19.0 Å². The topological polar surface area (TPSA) is 111 Å². The largest absolute Gasteiger partial charge is 0.493 e. The van der Waals surface area contributed by atoms with Gasteiger partial charge in [-0.15, -0.1) is 0 Å². The molecule has 2 aliphatic rings. The number of Topliss-reactive ketones (excluding diaryl/α,β-unsaturated/α-hetero) is 1. The molecule has 0 saturated carbocycles. The molecule has 0 aromatic heterocycles. The van der Waals surface area contributed by atoms with Crippen molar-refractivity contribution in [3.8, 4) is 11.5 Å². The minimum atomic E-state index is -4.80. The van der Waals surface area contributed by atoms with Crippen LogP contribution < -0.4 is 19.1 Å². The fourth-order valence-electron chi connectivity index (χ4n) is 4.02. The summed E-state index contributed by atoms with van der Waals surface area (Å²) >= 11 is 0. The predicted molar refractivity (Wildman–Crippen MR) is 131 cm³/mol. The first-order valence-corrected chi connectivity index (χ1v) is 13.3. The number of hydrogen-bond donors (Lipinski definition) is 1. The summed E-state index contributed by atoms with van der Waals surface area (Å²) in [5, 5.41) is 2.22. The summed E-state index contributed by atoms with van der Waals surface area (Å²) in [4.78, 5) is 23.8. The van der Waals surface area contributed by atoms with Crippen LogP contribution in [0.4, 0.5) is 29.3 Å². The van der Waals surface area contributed by atoms with Gasteiger partial charge in [0.15, 0.2) is 0 Å². The molecule has 13 heteroatoms. The summed E-state index contributed by atoms with van der Waals surface area (Å²) in [5.41, 5.74) is -1.92. The zero-order chi connectivity index (χ0) is 27.9. The summed E-state index contributed by atoms with van der Waals surface area (Å²) < 4.78 is 84.0. The van der Waals surface area contributed by atoms with Gasteiger partial charge in [0.1, 0.15) is 23.4 Å². The molecule has 2 aromatic carbocycles. The van der Waals surface area contributed by atoms with E-state index in [0.717, 1.165) is 9.87 Å². The molecule has 0 aliphatic carbocycles. The smallest absolute Gasteiger partial charge is 0.427 e. The van der Waals surface area contributed by atoms with Gasteiger partial charge in [-0.25, -0.2) is 13.2 Å². The Hall–Kier alpha value is -3.48. The second-order valence-corrected chi connectivity index (χ2v) is 11.5. The number of ketones is 1. The maximum absolute atomic E-state index is 13.8. The fourth-order valence-corrected chi connectivity index (χ4v) is 5.57. The molecule has 0 bridgehead atoms. The van der Waals surface area contributed by atoms with Gasteiger partial charge in [0.2, 0.25) is 5.60 Å². The lowest BCUT2D eigenvalue weighted by Gasteiger charge is -2.36. The molecule has 2 aliphatic heterocycles. The van der Waals surface area contributed by atoms with Gasteiger partial charge in [-0.3, -0.25) is 9.62 Å². The molecule has 0 radical (unpaired) electrons. The Morgan fingerprint density at radius 1 is 1.13 bits per heavy atom. The molecule has 1 N–H and O–H groups in total. The first kappa shape index (κ1) is 27.6. The van der Waals surface area contributed by atoms with Crippen LogP contribution in [0.3, 0.4) is 0 Å². The number of rotatable bonds is 7. The molecule has 206 valence electrons. The number of alkyl halides is 3. The average Bonchev–Trinajstić information content (AvgIpc) is 3.29. The maximum Gasteiger partial charge on any atom is 0.427 e. The van der Waals surface area contributed by atoms with Crippen molar-refractivity contribution in [2.75, 3.05) is 22.8 Å². The number of sulfonamides is 1. The van der Waals surface area contributed by atoms with Gasteiger partial charge in [0.25, 0.3) is 10.0 Å². The van der Waals surface area contributed by atoms with Crippen LogP contribution in [0.25, 0.3) is 0 Å². The molecule has 9 nitrogen and oxygen atoms in total. The minimum absolute atomic E-state index is 0.0000591. The number of halogens is 3. The van der Waals surface area contributed by atoms with E-state index in [1.165, 1.54) is 37.3 Å². The molecule has 2 aromatic rings. The Balaban J connectivity index is 1.66. The molecule has 1 unspecified atom stereocenters. The van der Waals surface area contributed by atoms with Crippen LogP contribution >= 0.6 is 0 Å². The molecule has 0 saturated heterocycles. The van der Waals surface area contributed by atoms with E-state index < -0.39 is 34.0 Å². The fraction of sp³-hybridized carbons (Fsp3) is 0.440. The molecular formula is C25H27F3N2O7S. The maximum atomic E-state index is 13.8. The van der Waals surface area contributed by atoms with Crippen LogP contribution in [0.1, 0.15) is 39.2 Å². The van der Waals surface area contributed by atoms with Crippen LogP contribution in [0, 0.1) is 0 Å². The van der Waals surface area contributed by atoms with Gasteiger partial charge in [-0.1, -0.05) is 0 Å². The summed E-state index contributed by atoms with van der Waals surface area (Å²) in [5.74, 6) is 0.706. The third-order valence-electron chi connectivity index (χ3n) is 6.23. The van der Waals surface area contributed by atoms with E-state index >= 15 is 0 Å². The number of hydrogen-bond acceptors (Lipinski definition) is 7. The van der Waals surface area contributed by atoms with E-state index in [0.29, 0.717) is 32.6 Å². The Morgan fingerprint density at radius 3 is 2.53 bits per heavy atom. The number of carbonyl (C=O) groups excluding carboxylic acids is 2. The number of carbonyl (C=O) groups is 2. The lowest BCUT2D eigenvalue weighted by atomic mass is 10.1. The minimum Gasteiger partial charge on any atom is -0.493 e. The third kappa shape index (κ3) is 5.66. The highest BCUT2D eigenvalue weighted by atomic mass is 32.2. The second kappa shape index (κ2) is 10.0. The monoisotopic (exact) mass is 556 g/mol. The quantitative estimate of drug-likeness (QED) is 0.520. The first-order chi connectivity index (χ1) is 17.7. The number of fused-ring (bicyclic) bond motifs is 2. The number of nitrogens with one attached hydrogen (secondary N) is 1. The molecule has 1 amide bonds. The normalized spacial score (nSPS) is 17.1. The van der Waals surface area contributed by atoms with Gasteiger partial charge in [-0.2, -0.15) is 13.2 Å². The molecule has 38 heavy (non-hydrogen) atoms. The van der Waals surface area contributed by atoms with Crippen molar-refractivity contribution in [3.63, 3.8) is 0 Å². The zero-order valence-electron chi connectivity index (χ0n) is 20.9. The number of anilines is 2. The zero-order valence-corrected chi connectivity index (χ0v) is 21.7. The highest BCUT2D eigenvalue weighted by molar-refractivity contribution is 7.92.